The zero-order valence-electron chi connectivity index (χ0n) is 19.8. The number of rotatable bonds is 9. The second kappa shape index (κ2) is 12.4. The van der Waals surface area contributed by atoms with Crippen LogP contribution >= 0.6 is 11.8 Å². The van der Waals surface area contributed by atoms with E-state index in [1.807, 2.05) is 60.7 Å². The number of methoxy groups -OCH3 is 1. The largest absolute Gasteiger partial charge is 0.497 e. The van der Waals surface area contributed by atoms with Crippen LogP contribution < -0.4 is 15.4 Å². The minimum Gasteiger partial charge on any atom is -0.497 e. The number of hydrogen-bond acceptors (Lipinski definition) is 4. The van der Waals surface area contributed by atoms with Gasteiger partial charge in [-0.05, 0) is 65.7 Å². The topological polar surface area (TPSA) is 67.4 Å². The summed E-state index contributed by atoms with van der Waals surface area (Å²) in [6, 6.07) is 33.9. The Hall–Kier alpha value is -4.29. The van der Waals surface area contributed by atoms with Crippen LogP contribution in [0.4, 0.5) is 5.69 Å². The first-order valence-corrected chi connectivity index (χ1v) is 12.4. The van der Waals surface area contributed by atoms with Gasteiger partial charge in [-0.25, -0.2) is 0 Å². The van der Waals surface area contributed by atoms with E-state index in [0.717, 1.165) is 16.2 Å². The number of benzene rings is 4. The Morgan fingerprint density at radius 1 is 0.806 bits per heavy atom. The molecule has 0 aliphatic rings. The highest BCUT2D eigenvalue weighted by molar-refractivity contribution is 7.98. The molecule has 0 bridgehead atoms. The second-order valence-corrected chi connectivity index (χ2v) is 8.95. The minimum absolute atomic E-state index is 0.136. The molecular formula is C30H26N2O3S. The van der Waals surface area contributed by atoms with Gasteiger partial charge in [-0.3, -0.25) is 9.59 Å². The number of ether oxygens (including phenoxy) is 1. The molecule has 0 heterocycles. The maximum Gasteiger partial charge on any atom is 0.272 e. The number of anilines is 1. The minimum atomic E-state index is -0.417. The van der Waals surface area contributed by atoms with Crippen molar-refractivity contribution in [2.24, 2.45) is 0 Å². The molecule has 2 N–H and O–H groups in total. The molecule has 6 heteroatoms. The van der Waals surface area contributed by atoms with E-state index in [2.05, 4.69) is 22.8 Å². The SMILES string of the molecule is COc1ccc(/C=C(\NC(=O)c2ccccc2)C(=O)Nc2ccc(SCc3ccccc3)cc2)cc1. The second-order valence-electron chi connectivity index (χ2n) is 7.90. The summed E-state index contributed by atoms with van der Waals surface area (Å²) >= 11 is 1.73. The Labute approximate surface area is 215 Å². The summed E-state index contributed by atoms with van der Waals surface area (Å²) in [6.45, 7) is 0. The lowest BCUT2D eigenvalue weighted by Crippen LogP contribution is -2.30. The van der Waals surface area contributed by atoms with Crippen molar-refractivity contribution >= 4 is 35.3 Å². The Balaban J connectivity index is 1.47. The van der Waals surface area contributed by atoms with E-state index < -0.39 is 5.91 Å². The Morgan fingerprint density at radius 2 is 1.44 bits per heavy atom. The molecule has 0 atom stereocenters. The van der Waals surface area contributed by atoms with Gasteiger partial charge in [0.25, 0.3) is 11.8 Å². The zero-order chi connectivity index (χ0) is 25.2. The van der Waals surface area contributed by atoms with Crippen molar-refractivity contribution in [1.82, 2.24) is 5.32 Å². The molecule has 5 nitrogen and oxygen atoms in total. The van der Waals surface area contributed by atoms with E-state index in [1.165, 1.54) is 5.56 Å². The van der Waals surface area contributed by atoms with Crippen LogP contribution in [0, 0.1) is 0 Å². The van der Waals surface area contributed by atoms with Crippen LogP contribution in [0.3, 0.4) is 0 Å². The van der Waals surface area contributed by atoms with E-state index >= 15 is 0 Å². The molecule has 0 aliphatic carbocycles. The monoisotopic (exact) mass is 494 g/mol. The van der Waals surface area contributed by atoms with Crippen molar-refractivity contribution in [2.45, 2.75) is 10.6 Å². The lowest BCUT2D eigenvalue weighted by Gasteiger charge is -2.12. The molecule has 0 radical (unpaired) electrons. The molecule has 4 aromatic carbocycles. The third-order valence-corrected chi connectivity index (χ3v) is 6.40. The highest BCUT2D eigenvalue weighted by atomic mass is 32.2. The standard InChI is InChI=1S/C30H26N2O3S/c1-35-26-16-12-22(13-17-26)20-28(32-29(33)24-10-6-3-7-11-24)30(34)31-25-14-18-27(19-15-25)36-21-23-8-4-2-5-9-23/h2-20H,21H2,1H3,(H,31,34)(H,32,33)/b28-20-. The molecule has 4 aromatic rings. The van der Waals surface area contributed by atoms with Crippen molar-refractivity contribution in [2.75, 3.05) is 12.4 Å². The summed E-state index contributed by atoms with van der Waals surface area (Å²) in [5.41, 5.74) is 3.24. The van der Waals surface area contributed by atoms with Crippen LogP contribution in [0.1, 0.15) is 21.5 Å². The molecule has 0 saturated heterocycles. The first kappa shape index (κ1) is 24.8. The quantitative estimate of drug-likeness (QED) is 0.209. The first-order chi connectivity index (χ1) is 17.6. The van der Waals surface area contributed by atoms with Gasteiger partial charge in [-0.1, -0.05) is 60.7 Å². The van der Waals surface area contributed by atoms with Crippen molar-refractivity contribution in [3.63, 3.8) is 0 Å². The number of carbonyl (C=O) groups excluding carboxylic acids is 2. The normalized spacial score (nSPS) is 11.0. The fourth-order valence-electron chi connectivity index (χ4n) is 3.38. The fraction of sp³-hybridized carbons (Fsp3) is 0.0667. The van der Waals surface area contributed by atoms with Gasteiger partial charge in [0, 0.05) is 21.9 Å². The van der Waals surface area contributed by atoms with E-state index in [9.17, 15) is 9.59 Å². The van der Waals surface area contributed by atoms with Crippen molar-refractivity contribution in [3.8, 4) is 5.75 Å². The highest BCUT2D eigenvalue weighted by Crippen LogP contribution is 2.24. The summed E-state index contributed by atoms with van der Waals surface area (Å²) in [5, 5.41) is 5.64. The number of thioether (sulfide) groups is 1. The molecule has 36 heavy (non-hydrogen) atoms. The number of amides is 2. The predicted octanol–water partition coefficient (Wildman–Crippen LogP) is 6.40. The molecule has 0 aliphatic heterocycles. The van der Waals surface area contributed by atoms with Gasteiger partial charge in [-0.2, -0.15) is 0 Å². The van der Waals surface area contributed by atoms with Crippen LogP contribution in [-0.2, 0) is 10.5 Å². The average Bonchev–Trinajstić information content (AvgIpc) is 2.93. The van der Waals surface area contributed by atoms with Crippen molar-refractivity contribution < 1.29 is 14.3 Å². The van der Waals surface area contributed by atoms with Crippen LogP contribution in [0.15, 0.2) is 120 Å². The molecule has 180 valence electrons. The van der Waals surface area contributed by atoms with E-state index in [4.69, 9.17) is 4.74 Å². The van der Waals surface area contributed by atoms with Gasteiger partial charge in [0.1, 0.15) is 11.4 Å². The molecule has 0 spiro atoms. The van der Waals surface area contributed by atoms with Crippen LogP contribution in [0.25, 0.3) is 6.08 Å². The van der Waals surface area contributed by atoms with Crippen molar-refractivity contribution in [3.05, 3.63) is 132 Å². The molecule has 0 unspecified atom stereocenters. The lowest BCUT2D eigenvalue weighted by atomic mass is 10.1. The van der Waals surface area contributed by atoms with Crippen LogP contribution in [0.2, 0.25) is 0 Å². The smallest absolute Gasteiger partial charge is 0.272 e. The maximum absolute atomic E-state index is 13.2. The number of nitrogens with one attached hydrogen (secondary N) is 2. The summed E-state index contributed by atoms with van der Waals surface area (Å²) < 4.78 is 5.20. The highest BCUT2D eigenvalue weighted by Gasteiger charge is 2.15. The predicted molar refractivity (Wildman–Crippen MR) is 146 cm³/mol. The molecule has 0 fully saturated rings. The maximum atomic E-state index is 13.2. The number of carbonyl (C=O) groups is 2. The van der Waals surface area contributed by atoms with Gasteiger partial charge in [0.15, 0.2) is 0 Å². The van der Waals surface area contributed by atoms with Crippen LogP contribution in [0.5, 0.6) is 5.75 Å². The Bertz CT molecular complexity index is 1320. The molecule has 0 saturated carbocycles. The van der Waals surface area contributed by atoms with E-state index in [0.29, 0.717) is 17.0 Å². The number of hydrogen-bond donors (Lipinski definition) is 2. The van der Waals surface area contributed by atoms with Crippen LogP contribution in [-0.4, -0.2) is 18.9 Å². The molecule has 2 amide bonds. The van der Waals surface area contributed by atoms with Gasteiger partial charge in [-0.15, -0.1) is 11.8 Å². The summed E-state index contributed by atoms with van der Waals surface area (Å²) in [7, 11) is 1.59. The third-order valence-electron chi connectivity index (χ3n) is 5.32. The van der Waals surface area contributed by atoms with Crippen molar-refractivity contribution in [1.29, 1.82) is 0 Å². The summed E-state index contributed by atoms with van der Waals surface area (Å²) in [4.78, 5) is 27.1. The Kier molecular flexibility index (Phi) is 8.57. The zero-order valence-corrected chi connectivity index (χ0v) is 20.6. The van der Waals surface area contributed by atoms with Gasteiger partial charge < -0.3 is 15.4 Å². The van der Waals surface area contributed by atoms with E-state index in [-0.39, 0.29) is 11.6 Å². The lowest BCUT2D eigenvalue weighted by molar-refractivity contribution is -0.113. The summed E-state index contributed by atoms with van der Waals surface area (Å²) in [6.07, 6.45) is 1.64. The fourth-order valence-corrected chi connectivity index (χ4v) is 4.24. The average molecular weight is 495 g/mol. The Morgan fingerprint density at radius 3 is 2.08 bits per heavy atom. The molecule has 0 aromatic heterocycles. The molecular weight excluding hydrogens is 468 g/mol. The third kappa shape index (κ3) is 7.10. The first-order valence-electron chi connectivity index (χ1n) is 11.4. The van der Waals surface area contributed by atoms with E-state index in [1.54, 1.807) is 61.3 Å². The van der Waals surface area contributed by atoms with Gasteiger partial charge >= 0.3 is 0 Å². The summed E-state index contributed by atoms with van der Waals surface area (Å²) in [5.74, 6) is 0.793. The van der Waals surface area contributed by atoms with Gasteiger partial charge in [0.2, 0.25) is 0 Å². The van der Waals surface area contributed by atoms with Gasteiger partial charge in [0.05, 0.1) is 7.11 Å². The molecule has 4 rings (SSSR count).